The second kappa shape index (κ2) is 4.53. The maximum absolute atomic E-state index is 12.0. The average molecular weight is 308 g/mol. The third kappa shape index (κ3) is 2.03. The van der Waals surface area contributed by atoms with E-state index in [-0.39, 0.29) is 18.0 Å². The van der Waals surface area contributed by atoms with E-state index in [4.69, 9.17) is 4.74 Å². The molecular formula is C12H10BrN3O2. The molecule has 6 heteroatoms. The van der Waals surface area contributed by atoms with Gasteiger partial charge in [-0.25, -0.2) is 4.98 Å². The van der Waals surface area contributed by atoms with Crippen LogP contribution in [0.25, 0.3) is 0 Å². The fourth-order valence-electron chi connectivity index (χ4n) is 2.07. The van der Waals surface area contributed by atoms with Gasteiger partial charge in [0.2, 0.25) is 5.78 Å². The highest BCUT2D eigenvalue weighted by Gasteiger charge is 2.20. The predicted molar refractivity (Wildman–Crippen MR) is 67.8 cm³/mol. The molecule has 92 valence electrons. The first kappa shape index (κ1) is 11.4. The average Bonchev–Trinajstić information content (AvgIpc) is 2.98. The number of nitrogens with one attached hydrogen (secondary N) is 1. The number of benzene rings is 1. The molecular weight excluding hydrogens is 298 g/mol. The van der Waals surface area contributed by atoms with Gasteiger partial charge in [-0.1, -0.05) is 15.9 Å². The zero-order chi connectivity index (χ0) is 12.5. The number of hydrogen-bond donors (Lipinski definition) is 1. The quantitative estimate of drug-likeness (QED) is 0.880. The van der Waals surface area contributed by atoms with Gasteiger partial charge in [0.1, 0.15) is 12.1 Å². The molecule has 0 spiro atoms. The van der Waals surface area contributed by atoms with E-state index >= 15 is 0 Å². The molecule has 1 N–H and O–H groups in total. The Kier molecular flexibility index (Phi) is 2.87. The zero-order valence-electron chi connectivity index (χ0n) is 9.44. The Morgan fingerprint density at radius 1 is 1.50 bits per heavy atom. The molecule has 0 saturated heterocycles. The highest BCUT2D eigenvalue weighted by molar-refractivity contribution is 9.10. The molecule has 1 aromatic carbocycles. The molecule has 3 rings (SSSR count). The van der Waals surface area contributed by atoms with Gasteiger partial charge in [-0.3, -0.25) is 9.89 Å². The van der Waals surface area contributed by atoms with E-state index in [1.165, 1.54) is 6.33 Å². The lowest BCUT2D eigenvalue weighted by molar-refractivity contribution is 0.0982. The first-order chi connectivity index (χ1) is 8.74. The van der Waals surface area contributed by atoms with Crippen LogP contribution in [0.3, 0.4) is 0 Å². The van der Waals surface area contributed by atoms with Crippen LogP contribution in [-0.4, -0.2) is 27.6 Å². The molecule has 0 amide bonds. The van der Waals surface area contributed by atoms with E-state index in [0.717, 1.165) is 27.8 Å². The first-order valence-corrected chi connectivity index (χ1v) is 6.36. The van der Waals surface area contributed by atoms with Crippen molar-refractivity contribution in [2.75, 3.05) is 6.61 Å². The van der Waals surface area contributed by atoms with Crippen molar-refractivity contribution >= 4 is 21.7 Å². The highest BCUT2D eigenvalue weighted by Crippen LogP contribution is 2.33. The standard InChI is InChI=1S/C12H10BrN3O2/c13-9-3-7-1-2-18-11(7)8(4-9)5-10(17)12-14-6-15-16-12/h3-4,6H,1-2,5H2,(H,14,15,16). The van der Waals surface area contributed by atoms with Gasteiger partial charge in [0.15, 0.2) is 5.82 Å². The zero-order valence-corrected chi connectivity index (χ0v) is 11.0. The lowest BCUT2D eigenvalue weighted by Crippen LogP contribution is -2.07. The van der Waals surface area contributed by atoms with Crippen molar-refractivity contribution in [3.8, 4) is 5.75 Å². The van der Waals surface area contributed by atoms with Crippen molar-refractivity contribution in [3.05, 3.63) is 39.9 Å². The summed E-state index contributed by atoms with van der Waals surface area (Å²) in [7, 11) is 0. The van der Waals surface area contributed by atoms with Crippen molar-refractivity contribution in [2.24, 2.45) is 0 Å². The number of carbonyl (C=O) groups excluding carboxylic acids is 1. The summed E-state index contributed by atoms with van der Waals surface area (Å²) >= 11 is 3.45. The molecule has 0 radical (unpaired) electrons. The van der Waals surface area contributed by atoms with Crippen molar-refractivity contribution in [1.29, 1.82) is 0 Å². The molecule has 2 aromatic rings. The molecule has 0 saturated carbocycles. The summed E-state index contributed by atoms with van der Waals surface area (Å²) in [6.07, 6.45) is 2.48. The minimum absolute atomic E-state index is 0.0942. The summed E-state index contributed by atoms with van der Waals surface area (Å²) in [5, 5.41) is 6.25. The molecule has 0 fully saturated rings. The summed E-state index contributed by atoms with van der Waals surface area (Å²) in [4.78, 5) is 15.8. The Morgan fingerprint density at radius 3 is 3.17 bits per heavy atom. The highest BCUT2D eigenvalue weighted by atomic mass is 79.9. The van der Waals surface area contributed by atoms with Crippen LogP contribution in [0.5, 0.6) is 5.75 Å². The number of rotatable bonds is 3. The molecule has 18 heavy (non-hydrogen) atoms. The third-order valence-corrected chi connectivity index (χ3v) is 3.31. The van der Waals surface area contributed by atoms with Gasteiger partial charge in [0.25, 0.3) is 0 Å². The molecule has 1 aliphatic rings. The van der Waals surface area contributed by atoms with Crippen LogP contribution in [0.15, 0.2) is 22.9 Å². The van der Waals surface area contributed by atoms with Gasteiger partial charge in [-0.05, 0) is 17.7 Å². The monoisotopic (exact) mass is 307 g/mol. The largest absolute Gasteiger partial charge is 0.493 e. The molecule has 1 aliphatic heterocycles. The lowest BCUT2D eigenvalue weighted by Gasteiger charge is -2.07. The maximum atomic E-state index is 12.0. The molecule has 2 heterocycles. The number of hydrogen-bond acceptors (Lipinski definition) is 4. The number of H-pyrrole nitrogens is 1. The fraction of sp³-hybridized carbons (Fsp3) is 0.250. The van der Waals surface area contributed by atoms with Crippen LogP contribution >= 0.6 is 15.9 Å². The summed E-state index contributed by atoms with van der Waals surface area (Å²) in [6.45, 7) is 0.676. The smallest absolute Gasteiger partial charge is 0.204 e. The Labute approximate surface area is 112 Å². The normalized spacial score (nSPS) is 13.2. The van der Waals surface area contributed by atoms with Gasteiger partial charge in [0.05, 0.1) is 6.61 Å². The van der Waals surface area contributed by atoms with E-state index in [2.05, 4.69) is 31.1 Å². The molecule has 0 aliphatic carbocycles. The number of nitrogens with zero attached hydrogens (tertiary/aromatic N) is 2. The number of carbonyl (C=O) groups is 1. The SMILES string of the molecule is O=C(Cc1cc(Br)cc2c1OCC2)c1ncn[nH]1. The Morgan fingerprint density at radius 2 is 2.39 bits per heavy atom. The topological polar surface area (TPSA) is 67.9 Å². The van der Waals surface area contributed by atoms with E-state index in [9.17, 15) is 4.79 Å². The summed E-state index contributed by atoms with van der Waals surface area (Å²) in [5.41, 5.74) is 2.03. The predicted octanol–water partition coefficient (Wildman–Crippen LogP) is 1.93. The number of halogens is 1. The Balaban J connectivity index is 1.91. The summed E-state index contributed by atoms with van der Waals surface area (Å²) < 4.78 is 6.55. The van der Waals surface area contributed by atoms with E-state index in [0.29, 0.717) is 6.61 Å². The minimum Gasteiger partial charge on any atom is -0.493 e. The van der Waals surface area contributed by atoms with E-state index < -0.39 is 0 Å². The van der Waals surface area contributed by atoms with Gasteiger partial charge in [0, 0.05) is 22.9 Å². The number of Topliss-reactive ketones (excluding diaryl/α,β-unsaturated/α-hetero) is 1. The van der Waals surface area contributed by atoms with Crippen LogP contribution in [0.4, 0.5) is 0 Å². The summed E-state index contributed by atoms with van der Waals surface area (Å²) in [6, 6.07) is 3.95. The number of aromatic amines is 1. The number of aromatic nitrogens is 3. The number of ether oxygens (including phenoxy) is 1. The second-order valence-corrected chi connectivity index (χ2v) is 5.00. The lowest BCUT2D eigenvalue weighted by atomic mass is 10.0. The van der Waals surface area contributed by atoms with E-state index in [1.807, 2.05) is 12.1 Å². The molecule has 0 bridgehead atoms. The summed E-state index contributed by atoms with van der Waals surface area (Å²) in [5.74, 6) is 1.02. The van der Waals surface area contributed by atoms with Crippen molar-refractivity contribution in [2.45, 2.75) is 12.8 Å². The maximum Gasteiger partial charge on any atom is 0.204 e. The Hall–Kier alpha value is -1.69. The molecule has 0 unspecified atom stereocenters. The van der Waals surface area contributed by atoms with Crippen molar-refractivity contribution < 1.29 is 9.53 Å². The molecule has 5 nitrogen and oxygen atoms in total. The van der Waals surface area contributed by atoms with Gasteiger partial charge < -0.3 is 4.74 Å². The minimum atomic E-state index is -0.0942. The molecule has 1 aromatic heterocycles. The number of ketones is 1. The van der Waals surface area contributed by atoms with Gasteiger partial charge in [-0.2, -0.15) is 5.10 Å². The Bertz CT molecular complexity index is 596. The second-order valence-electron chi connectivity index (χ2n) is 4.09. The third-order valence-electron chi connectivity index (χ3n) is 2.86. The van der Waals surface area contributed by atoms with Crippen LogP contribution < -0.4 is 4.74 Å². The van der Waals surface area contributed by atoms with Gasteiger partial charge in [-0.15, -0.1) is 0 Å². The first-order valence-electron chi connectivity index (χ1n) is 5.56. The van der Waals surface area contributed by atoms with Crippen LogP contribution in [-0.2, 0) is 12.8 Å². The van der Waals surface area contributed by atoms with E-state index in [1.54, 1.807) is 0 Å². The fourth-order valence-corrected chi connectivity index (χ4v) is 2.63. The van der Waals surface area contributed by atoms with Crippen molar-refractivity contribution in [3.63, 3.8) is 0 Å². The molecule has 0 atom stereocenters. The van der Waals surface area contributed by atoms with Crippen LogP contribution in [0.2, 0.25) is 0 Å². The van der Waals surface area contributed by atoms with Crippen LogP contribution in [0, 0.1) is 0 Å². The van der Waals surface area contributed by atoms with Crippen molar-refractivity contribution in [1.82, 2.24) is 15.2 Å². The number of fused-ring (bicyclic) bond motifs is 1. The van der Waals surface area contributed by atoms with Gasteiger partial charge >= 0.3 is 0 Å². The van der Waals surface area contributed by atoms with Crippen LogP contribution in [0.1, 0.15) is 21.7 Å².